The van der Waals surface area contributed by atoms with Crippen LogP contribution < -0.4 is 10.2 Å². The van der Waals surface area contributed by atoms with Crippen molar-refractivity contribution in [2.45, 2.75) is 19.3 Å². The van der Waals surface area contributed by atoms with Gasteiger partial charge in [0, 0.05) is 31.1 Å². The smallest absolute Gasteiger partial charge is 0.134 e. The normalized spacial score (nSPS) is 20.2. The van der Waals surface area contributed by atoms with Crippen LogP contribution in [0, 0.1) is 11.2 Å². The van der Waals surface area contributed by atoms with Gasteiger partial charge in [-0.15, -0.1) is 0 Å². The third-order valence-corrected chi connectivity index (χ3v) is 4.91. The van der Waals surface area contributed by atoms with Crippen molar-refractivity contribution in [3.63, 3.8) is 0 Å². The van der Waals surface area contributed by atoms with Gasteiger partial charge in [-0.1, -0.05) is 18.2 Å². The van der Waals surface area contributed by atoms with E-state index in [4.69, 9.17) is 5.11 Å². The molecule has 3 N–H and O–H groups in total. The van der Waals surface area contributed by atoms with Crippen molar-refractivity contribution in [2.75, 3.05) is 43.1 Å². The molecule has 0 saturated carbocycles. The van der Waals surface area contributed by atoms with Crippen LogP contribution in [-0.4, -0.2) is 53.0 Å². The number of aliphatic hydroxyl groups is 2. The highest BCUT2D eigenvalue weighted by Gasteiger charge is 2.36. The summed E-state index contributed by atoms with van der Waals surface area (Å²) in [6.45, 7) is 1.88. The van der Waals surface area contributed by atoms with Gasteiger partial charge < -0.3 is 20.4 Å². The first-order valence-electron chi connectivity index (χ1n) is 8.92. The highest BCUT2D eigenvalue weighted by atomic mass is 19.1. The molecule has 7 heteroatoms. The average molecular weight is 360 g/mol. The molecule has 0 aliphatic carbocycles. The SMILES string of the molecule is OCCNc1cc(N2CCC[C@@](CO)(Cc3ccccc3F)C2)ncn1. The van der Waals surface area contributed by atoms with E-state index in [1.165, 1.54) is 12.4 Å². The van der Waals surface area contributed by atoms with Crippen LogP contribution >= 0.6 is 0 Å². The van der Waals surface area contributed by atoms with E-state index in [-0.39, 0.29) is 19.0 Å². The van der Waals surface area contributed by atoms with Gasteiger partial charge in [0.2, 0.25) is 0 Å². The molecule has 140 valence electrons. The molecule has 26 heavy (non-hydrogen) atoms. The molecule has 1 aromatic heterocycles. The first-order valence-corrected chi connectivity index (χ1v) is 8.92. The van der Waals surface area contributed by atoms with Crippen molar-refractivity contribution in [1.29, 1.82) is 0 Å². The zero-order valence-corrected chi connectivity index (χ0v) is 14.7. The molecule has 0 unspecified atom stereocenters. The van der Waals surface area contributed by atoms with Gasteiger partial charge in [-0.25, -0.2) is 14.4 Å². The van der Waals surface area contributed by atoms with Crippen LogP contribution in [0.4, 0.5) is 16.0 Å². The van der Waals surface area contributed by atoms with Gasteiger partial charge in [-0.3, -0.25) is 0 Å². The van der Waals surface area contributed by atoms with Crippen molar-refractivity contribution in [3.8, 4) is 0 Å². The first kappa shape index (κ1) is 18.5. The molecule has 1 aliphatic rings. The number of aliphatic hydroxyl groups excluding tert-OH is 2. The van der Waals surface area contributed by atoms with E-state index in [1.54, 1.807) is 12.1 Å². The van der Waals surface area contributed by atoms with E-state index < -0.39 is 5.41 Å². The lowest BCUT2D eigenvalue weighted by Gasteiger charge is -2.42. The Morgan fingerprint density at radius 3 is 2.85 bits per heavy atom. The minimum Gasteiger partial charge on any atom is -0.396 e. The minimum atomic E-state index is -0.399. The fraction of sp³-hybridized carbons (Fsp3) is 0.474. The second kappa shape index (κ2) is 8.42. The van der Waals surface area contributed by atoms with Gasteiger partial charge in [-0.2, -0.15) is 0 Å². The molecular weight excluding hydrogens is 335 g/mol. The number of nitrogens with zero attached hydrogens (tertiary/aromatic N) is 3. The Balaban J connectivity index is 1.77. The lowest BCUT2D eigenvalue weighted by molar-refractivity contribution is 0.104. The maximum absolute atomic E-state index is 14.1. The number of anilines is 2. The van der Waals surface area contributed by atoms with Gasteiger partial charge in [0.1, 0.15) is 23.8 Å². The second-order valence-corrected chi connectivity index (χ2v) is 6.86. The van der Waals surface area contributed by atoms with E-state index >= 15 is 0 Å². The molecule has 0 bridgehead atoms. The number of hydrogen-bond acceptors (Lipinski definition) is 6. The van der Waals surface area contributed by atoms with Gasteiger partial charge >= 0.3 is 0 Å². The molecule has 1 atom stereocenters. The summed E-state index contributed by atoms with van der Waals surface area (Å²) >= 11 is 0. The molecule has 1 aliphatic heterocycles. The monoisotopic (exact) mass is 360 g/mol. The zero-order valence-electron chi connectivity index (χ0n) is 14.7. The van der Waals surface area contributed by atoms with Crippen molar-refractivity contribution >= 4 is 11.6 Å². The predicted octanol–water partition coefficient (Wildman–Crippen LogP) is 1.84. The topological polar surface area (TPSA) is 81.5 Å². The van der Waals surface area contributed by atoms with E-state index in [2.05, 4.69) is 20.2 Å². The third-order valence-electron chi connectivity index (χ3n) is 4.91. The maximum atomic E-state index is 14.1. The molecule has 3 rings (SSSR count). The molecule has 0 radical (unpaired) electrons. The molecular formula is C19H25FN4O2. The Labute approximate surface area is 152 Å². The molecule has 1 fully saturated rings. The molecule has 1 aromatic carbocycles. The lowest BCUT2D eigenvalue weighted by Crippen LogP contribution is -2.47. The Morgan fingerprint density at radius 2 is 2.08 bits per heavy atom. The first-order chi connectivity index (χ1) is 12.7. The van der Waals surface area contributed by atoms with Crippen molar-refractivity contribution < 1.29 is 14.6 Å². The lowest BCUT2D eigenvalue weighted by atomic mass is 9.75. The quantitative estimate of drug-likeness (QED) is 0.699. The third kappa shape index (κ3) is 4.28. The molecule has 0 amide bonds. The van der Waals surface area contributed by atoms with Crippen molar-refractivity contribution in [1.82, 2.24) is 9.97 Å². The van der Waals surface area contributed by atoms with Gasteiger partial charge in [0.05, 0.1) is 13.2 Å². The van der Waals surface area contributed by atoms with Gasteiger partial charge in [-0.05, 0) is 30.9 Å². The van der Waals surface area contributed by atoms with Gasteiger partial charge in [0.25, 0.3) is 0 Å². The van der Waals surface area contributed by atoms with E-state index in [1.807, 2.05) is 12.1 Å². The Bertz CT molecular complexity index is 730. The summed E-state index contributed by atoms with van der Waals surface area (Å²) in [6.07, 6.45) is 3.72. The molecule has 6 nitrogen and oxygen atoms in total. The van der Waals surface area contributed by atoms with Crippen LogP contribution in [0.15, 0.2) is 36.7 Å². The minimum absolute atomic E-state index is 0.00145. The summed E-state index contributed by atoms with van der Waals surface area (Å²) in [6, 6.07) is 8.59. The van der Waals surface area contributed by atoms with Crippen LogP contribution in [-0.2, 0) is 6.42 Å². The molecule has 0 spiro atoms. The summed E-state index contributed by atoms with van der Waals surface area (Å²) in [5, 5.41) is 22.1. The predicted molar refractivity (Wildman–Crippen MR) is 98.7 cm³/mol. The number of aromatic nitrogens is 2. The highest BCUT2D eigenvalue weighted by Crippen LogP contribution is 2.35. The van der Waals surface area contributed by atoms with E-state index in [0.29, 0.717) is 30.9 Å². The number of rotatable bonds is 7. The zero-order chi connectivity index (χ0) is 18.4. The number of nitrogens with one attached hydrogen (secondary N) is 1. The van der Waals surface area contributed by atoms with Crippen LogP contribution in [0.3, 0.4) is 0 Å². The van der Waals surface area contributed by atoms with E-state index in [0.717, 1.165) is 25.2 Å². The Kier molecular flexibility index (Phi) is 6.00. The number of halogens is 1. The second-order valence-electron chi connectivity index (χ2n) is 6.86. The number of piperidine rings is 1. The fourth-order valence-electron chi connectivity index (χ4n) is 3.58. The average Bonchev–Trinajstić information content (AvgIpc) is 2.68. The number of hydrogen-bond donors (Lipinski definition) is 3. The standard InChI is InChI=1S/C19H25FN4O2/c20-16-5-2-1-4-15(16)11-19(13-26)6-3-8-24(12-19)18-10-17(21-7-9-25)22-14-23-18/h1-2,4-5,10,14,25-26H,3,6-9,11-13H2,(H,21,22,23)/t19-/m1/s1. The maximum Gasteiger partial charge on any atom is 0.134 e. The van der Waals surface area contributed by atoms with Crippen LogP contribution in [0.2, 0.25) is 0 Å². The Hall–Kier alpha value is -2.25. The summed E-state index contributed by atoms with van der Waals surface area (Å²) in [4.78, 5) is 10.6. The molecule has 2 aromatic rings. The Morgan fingerprint density at radius 1 is 1.23 bits per heavy atom. The van der Waals surface area contributed by atoms with Crippen LogP contribution in [0.1, 0.15) is 18.4 Å². The summed E-state index contributed by atoms with van der Waals surface area (Å²) in [7, 11) is 0. The fourth-order valence-corrected chi connectivity index (χ4v) is 3.58. The van der Waals surface area contributed by atoms with E-state index in [9.17, 15) is 9.50 Å². The van der Waals surface area contributed by atoms with Crippen LogP contribution in [0.5, 0.6) is 0 Å². The highest BCUT2D eigenvalue weighted by molar-refractivity contribution is 5.49. The van der Waals surface area contributed by atoms with Crippen molar-refractivity contribution in [2.24, 2.45) is 5.41 Å². The summed E-state index contributed by atoms with van der Waals surface area (Å²) < 4.78 is 14.1. The molecule has 2 heterocycles. The largest absolute Gasteiger partial charge is 0.396 e. The summed E-state index contributed by atoms with van der Waals surface area (Å²) in [5.74, 6) is 1.19. The van der Waals surface area contributed by atoms with Crippen molar-refractivity contribution in [3.05, 3.63) is 48.0 Å². The summed E-state index contributed by atoms with van der Waals surface area (Å²) in [5.41, 5.74) is 0.237. The molecule has 1 saturated heterocycles. The number of benzene rings is 1. The van der Waals surface area contributed by atoms with Crippen LogP contribution in [0.25, 0.3) is 0 Å². The van der Waals surface area contributed by atoms with Gasteiger partial charge in [0.15, 0.2) is 0 Å².